The molecule has 0 saturated heterocycles. The van der Waals surface area contributed by atoms with Crippen molar-refractivity contribution in [3.63, 3.8) is 0 Å². The van der Waals surface area contributed by atoms with E-state index in [9.17, 15) is 0 Å². The van der Waals surface area contributed by atoms with Gasteiger partial charge in [-0.25, -0.2) is 0 Å². The molecule has 1 aromatic heterocycles. The summed E-state index contributed by atoms with van der Waals surface area (Å²) < 4.78 is 8.62. The summed E-state index contributed by atoms with van der Waals surface area (Å²) in [5, 5.41) is 2.33. The topological polar surface area (TPSA) is 20.6 Å². The summed E-state index contributed by atoms with van der Waals surface area (Å²) in [6, 6.07) is 45.2. The molecule has 7 rings (SSSR count). The van der Waals surface area contributed by atoms with E-state index in [1.807, 2.05) is 36.4 Å². The third kappa shape index (κ3) is 4.25. The smallest absolute Gasteiger partial charge is 0.509 e. The number of anilines is 3. The largest absolute Gasteiger partial charge is 4.00 e. The molecule has 0 saturated carbocycles. The average molecular weight is 673 g/mol. The number of ether oxygens (including phenoxy) is 1. The molecule has 1 aliphatic heterocycles. The van der Waals surface area contributed by atoms with E-state index in [4.69, 9.17) is 4.74 Å². The summed E-state index contributed by atoms with van der Waals surface area (Å²) in [5.41, 5.74) is 6.64. The SMILES string of the molecule is CN1[CH-]N(c2[c-]c(Oc3[c-]cc4c(c3)c3ccccc3n4Cc3[c-]cccc3)ccc2)c2ccccc21.[Pt+4]. The minimum absolute atomic E-state index is 0. The van der Waals surface area contributed by atoms with E-state index in [1.165, 1.54) is 10.9 Å². The molecule has 38 heavy (non-hydrogen) atoms. The van der Waals surface area contributed by atoms with Gasteiger partial charge in [0.25, 0.3) is 0 Å². The van der Waals surface area contributed by atoms with E-state index in [-0.39, 0.29) is 21.1 Å². The minimum Gasteiger partial charge on any atom is -0.509 e. The molecule has 2 heterocycles. The number of aromatic nitrogens is 1. The number of fused-ring (bicyclic) bond motifs is 4. The Labute approximate surface area is 236 Å². The van der Waals surface area contributed by atoms with Gasteiger partial charge in [0.2, 0.25) is 0 Å². The third-order valence-corrected chi connectivity index (χ3v) is 6.82. The van der Waals surface area contributed by atoms with E-state index < -0.39 is 0 Å². The van der Waals surface area contributed by atoms with E-state index in [1.54, 1.807) is 0 Å². The van der Waals surface area contributed by atoms with Gasteiger partial charge in [0.05, 0.1) is 0 Å². The van der Waals surface area contributed by atoms with Gasteiger partial charge in [-0.1, -0.05) is 41.2 Å². The summed E-state index contributed by atoms with van der Waals surface area (Å²) >= 11 is 0. The van der Waals surface area contributed by atoms with Crippen LogP contribution in [0.25, 0.3) is 21.8 Å². The van der Waals surface area contributed by atoms with Crippen molar-refractivity contribution in [1.82, 2.24) is 4.57 Å². The Morgan fingerprint density at radius 3 is 2.45 bits per heavy atom. The molecule has 5 aromatic carbocycles. The first-order valence-corrected chi connectivity index (χ1v) is 12.3. The molecule has 0 bridgehead atoms. The van der Waals surface area contributed by atoms with Crippen LogP contribution < -0.4 is 14.5 Å². The predicted molar refractivity (Wildman–Crippen MR) is 149 cm³/mol. The van der Waals surface area contributed by atoms with E-state index in [2.05, 4.69) is 113 Å². The van der Waals surface area contributed by atoms with Crippen molar-refractivity contribution in [1.29, 1.82) is 0 Å². The maximum atomic E-state index is 6.30. The molecule has 0 unspecified atom stereocenters. The standard InChI is InChI=1S/C33H23N3O.Pt/c1-34-23-36(33-17-8-7-16-32(33)34)25-12-9-13-26(20-25)37-27-18-19-31-29(21-27)28-14-5-6-15-30(28)35(31)22-24-10-3-2-4-11-24;/h2-10,12-17,19,21,23H,22H2,1H3;/q-4;+4. The van der Waals surface area contributed by atoms with E-state index >= 15 is 0 Å². The summed E-state index contributed by atoms with van der Waals surface area (Å²) in [4.78, 5) is 4.24. The quantitative estimate of drug-likeness (QED) is 0.175. The molecule has 0 fully saturated rings. The van der Waals surface area contributed by atoms with Crippen molar-refractivity contribution < 1.29 is 25.8 Å². The number of para-hydroxylation sites is 3. The Morgan fingerprint density at radius 2 is 1.58 bits per heavy atom. The van der Waals surface area contributed by atoms with Gasteiger partial charge in [0.15, 0.2) is 0 Å². The van der Waals surface area contributed by atoms with Gasteiger partial charge in [-0.3, -0.25) is 0 Å². The van der Waals surface area contributed by atoms with Crippen LogP contribution >= 0.6 is 0 Å². The summed E-state index contributed by atoms with van der Waals surface area (Å²) in [6.45, 7) is 2.81. The molecule has 0 aliphatic carbocycles. The van der Waals surface area contributed by atoms with Gasteiger partial charge in [-0.15, -0.1) is 47.6 Å². The van der Waals surface area contributed by atoms with Crippen LogP contribution in [0.1, 0.15) is 5.56 Å². The summed E-state index contributed by atoms with van der Waals surface area (Å²) in [5.74, 6) is 1.31. The van der Waals surface area contributed by atoms with Crippen molar-refractivity contribution in [2.24, 2.45) is 0 Å². The predicted octanol–water partition coefficient (Wildman–Crippen LogP) is 7.74. The molecule has 0 spiro atoms. The second-order valence-electron chi connectivity index (χ2n) is 9.17. The molecule has 4 nitrogen and oxygen atoms in total. The van der Waals surface area contributed by atoms with Crippen LogP contribution in [0.4, 0.5) is 17.1 Å². The zero-order valence-electron chi connectivity index (χ0n) is 20.7. The Hall–Kier alpha value is -4.01. The maximum Gasteiger partial charge on any atom is 4.00 e. The van der Waals surface area contributed by atoms with Crippen LogP contribution in [0.5, 0.6) is 11.5 Å². The zero-order chi connectivity index (χ0) is 24.8. The van der Waals surface area contributed by atoms with Crippen molar-refractivity contribution in [2.45, 2.75) is 6.54 Å². The van der Waals surface area contributed by atoms with Crippen molar-refractivity contribution in [2.75, 3.05) is 16.8 Å². The van der Waals surface area contributed by atoms with Crippen molar-refractivity contribution in [3.05, 3.63) is 134 Å². The van der Waals surface area contributed by atoms with Gasteiger partial charge >= 0.3 is 21.1 Å². The summed E-state index contributed by atoms with van der Waals surface area (Å²) in [7, 11) is 2.05. The Kier molecular flexibility index (Phi) is 6.43. The second-order valence-corrected chi connectivity index (χ2v) is 9.17. The Morgan fingerprint density at radius 1 is 0.763 bits per heavy atom. The monoisotopic (exact) mass is 672 g/mol. The summed E-state index contributed by atoms with van der Waals surface area (Å²) in [6.07, 6.45) is 0. The fraction of sp³-hybridized carbons (Fsp3) is 0.0606. The number of nitrogens with zero attached hydrogens (tertiary/aromatic N) is 3. The van der Waals surface area contributed by atoms with Gasteiger partial charge in [0, 0.05) is 34.9 Å². The first-order chi connectivity index (χ1) is 18.2. The molecular weight excluding hydrogens is 649 g/mol. The fourth-order valence-corrected chi connectivity index (χ4v) is 5.11. The average Bonchev–Trinajstić information content (AvgIpc) is 3.44. The van der Waals surface area contributed by atoms with Crippen LogP contribution in [-0.4, -0.2) is 11.6 Å². The van der Waals surface area contributed by atoms with Crippen LogP contribution in [0, 0.1) is 24.9 Å². The van der Waals surface area contributed by atoms with Gasteiger partial charge < -0.3 is 19.1 Å². The van der Waals surface area contributed by atoms with Gasteiger partial charge in [-0.05, 0) is 30.6 Å². The molecule has 1 aliphatic rings. The molecule has 186 valence electrons. The zero-order valence-corrected chi connectivity index (χ0v) is 22.9. The van der Waals surface area contributed by atoms with Crippen LogP contribution in [0.15, 0.2) is 103 Å². The molecule has 0 radical (unpaired) electrons. The Bertz CT molecular complexity index is 1740. The molecule has 6 aromatic rings. The van der Waals surface area contributed by atoms with Crippen molar-refractivity contribution >= 4 is 38.9 Å². The number of hydrogen-bond acceptors (Lipinski definition) is 3. The molecular formula is C33H23N3OPt. The van der Waals surface area contributed by atoms with E-state index in [0.717, 1.165) is 40.1 Å². The first kappa shape index (κ1) is 24.3. The number of benzene rings is 5. The fourth-order valence-electron chi connectivity index (χ4n) is 5.11. The van der Waals surface area contributed by atoms with Crippen molar-refractivity contribution in [3.8, 4) is 11.5 Å². The minimum atomic E-state index is 0. The maximum absolute atomic E-state index is 6.30. The normalized spacial score (nSPS) is 12.6. The molecule has 5 heteroatoms. The van der Waals surface area contributed by atoms with Crippen LogP contribution in [0.3, 0.4) is 0 Å². The van der Waals surface area contributed by atoms with E-state index in [0.29, 0.717) is 11.5 Å². The van der Waals surface area contributed by atoms with Crippen LogP contribution in [-0.2, 0) is 27.6 Å². The first-order valence-electron chi connectivity index (χ1n) is 12.3. The molecule has 0 atom stereocenters. The molecule has 0 N–H and O–H groups in total. The second kappa shape index (κ2) is 10.0. The Balaban J connectivity index is 0.00000264. The number of hydrogen-bond donors (Lipinski definition) is 0. The van der Waals surface area contributed by atoms with Crippen LogP contribution in [0.2, 0.25) is 0 Å². The number of rotatable bonds is 5. The van der Waals surface area contributed by atoms with Gasteiger partial charge in [0.1, 0.15) is 0 Å². The third-order valence-electron chi connectivity index (χ3n) is 6.82. The van der Waals surface area contributed by atoms with Gasteiger partial charge in [-0.2, -0.15) is 43.1 Å². The molecule has 0 amide bonds.